The zero-order valence-corrected chi connectivity index (χ0v) is 18.9. The molecule has 4 rings (SSSR count). The topological polar surface area (TPSA) is 121 Å². The first-order chi connectivity index (χ1) is 16.3. The lowest BCUT2D eigenvalue weighted by atomic mass is 9.95. The molecule has 1 saturated heterocycles. The number of pyridine rings is 1. The summed E-state index contributed by atoms with van der Waals surface area (Å²) in [7, 11) is 1.23. The Hall–Kier alpha value is -3.69. The maximum absolute atomic E-state index is 14.2. The first kappa shape index (κ1) is 23.5. The summed E-state index contributed by atoms with van der Waals surface area (Å²) in [5.41, 5.74) is -0.484. The summed E-state index contributed by atoms with van der Waals surface area (Å²) in [6, 6.07) is 7.19. The van der Waals surface area contributed by atoms with Crippen LogP contribution in [0.4, 0.5) is 10.1 Å². The predicted octanol–water partition coefficient (Wildman–Crippen LogP) is 1.60. The number of aromatic nitrogens is 1. The van der Waals surface area contributed by atoms with Gasteiger partial charge in [0, 0.05) is 31.9 Å². The molecule has 2 fully saturated rings. The highest BCUT2D eigenvalue weighted by molar-refractivity contribution is 6.00. The van der Waals surface area contributed by atoms with Crippen molar-refractivity contribution in [3.05, 3.63) is 63.8 Å². The van der Waals surface area contributed by atoms with E-state index in [1.54, 1.807) is 12.1 Å². The molecule has 0 unspecified atom stereocenters. The summed E-state index contributed by atoms with van der Waals surface area (Å²) >= 11 is 0. The van der Waals surface area contributed by atoms with Crippen molar-refractivity contribution in [2.24, 2.45) is 5.92 Å². The number of esters is 1. The second kappa shape index (κ2) is 9.66. The maximum atomic E-state index is 14.2. The van der Waals surface area contributed by atoms with E-state index in [9.17, 15) is 23.6 Å². The van der Waals surface area contributed by atoms with Crippen molar-refractivity contribution in [3.8, 4) is 0 Å². The van der Waals surface area contributed by atoms with Gasteiger partial charge in [-0.1, -0.05) is 6.07 Å². The van der Waals surface area contributed by atoms with Crippen LogP contribution in [0.5, 0.6) is 0 Å². The second-order valence-corrected chi connectivity index (χ2v) is 8.74. The van der Waals surface area contributed by atoms with Crippen LogP contribution in [0.15, 0.2) is 41.3 Å². The van der Waals surface area contributed by atoms with Gasteiger partial charge in [0.05, 0.1) is 18.4 Å². The third-order valence-electron chi connectivity index (χ3n) is 6.47. The van der Waals surface area contributed by atoms with Gasteiger partial charge in [-0.05, 0) is 49.8 Å². The molecule has 3 N–H and O–H groups in total. The fourth-order valence-electron chi connectivity index (χ4n) is 4.24. The summed E-state index contributed by atoms with van der Waals surface area (Å²) in [6.07, 6.45) is 3.95. The first-order valence-corrected chi connectivity index (χ1v) is 11.2. The molecule has 0 spiro atoms. The SMILES string of the molecule is COC(=O)c1c(F)cccc1N1CCC(CNC(=O)C2(NC(=O)c3ccc(=O)[nH]c3)CC2)CC1. The van der Waals surface area contributed by atoms with Crippen LogP contribution in [0.25, 0.3) is 0 Å². The fourth-order valence-corrected chi connectivity index (χ4v) is 4.24. The molecule has 1 saturated carbocycles. The van der Waals surface area contributed by atoms with E-state index in [0.29, 0.717) is 38.2 Å². The number of hydrogen-bond donors (Lipinski definition) is 3. The second-order valence-electron chi connectivity index (χ2n) is 8.74. The minimum atomic E-state index is -0.912. The van der Waals surface area contributed by atoms with Gasteiger partial charge in [-0.3, -0.25) is 14.4 Å². The Balaban J connectivity index is 1.29. The van der Waals surface area contributed by atoms with Crippen molar-refractivity contribution in [1.82, 2.24) is 15.6 Å². The third-order valence-corrected chi connectivity index (χ3v) is 6.47. The molecule has 1 aromatic heterocycles. The van der Waals surface area contributed by atoms with Gasteiger partial charge in [-0.2, -0.15) is 0 Å². The number of hydrogen-bond acceptors (Lipinski definition) is 6. The zero-order chi connectivity index (χ0) is 24.3. The third kappa shape index (κ3) is 4.95. The quantitative estimate of drug-likeness (QED) is 0.529. The number of nitrogens with zero attached hydrogens (tertiary/aromatic N) is 1. The molecule has 1 aliphatic heterocycles. The molecule has 0 bridgehead atoms. The molecule has 0 radical (unpaired) electrons. The van der Waals surface area contributed by atoms with Crippen LogP contribution in [-0.2, 0) is 9.53 Å². The van der Waals surface area contributed by atoms with Crippen molar-refractivity contribution >= 4 is 23.5 Å². The molecule has 1 aliphatic carbocycles. The monoisotopic (exact) mass is 470 g/mol. The minimum absolute atomic E-state index is 0.0642. The van der Waals surface area contributed by atoms with E-state index in [1.807, 2.05) is 4.90 Å². The summed E-state index contributed by atoms with van der Waals surface area (Å²) in [5.74, 6) is -1.72. The van der Waals surface area contributed by atoms with Gasteiger partial charge in [0.15, 0.2) is 0 Å². The Bertz CT molecular complexity index is 1130. The van der Waals surface area contributed by atoms with Crippen molar-refractivity contribution in [1.29, 1.82) is 0 Å². The number of aromatic amines is 1. The van der Waals surface area contributed by atoms with Gasteiger partial charge in [-0.15, -0.1) is 0 Å². The Kier molecular flexibility index (Phi) is 6.67. The lowest BCUT2D eigenvalue weighted by Gasteiger charge is -2.34. The van der Waals surface area contributed by atoms with E-state index in [0.717, 1.165) is 12.8 Å². The van der Waals surface area contributed by atoms with Gasteiger partial charge >= 0.3 is 5.97 Å². The lowest BCUT2D eigenvalue weighted by Crippen LogP contribution is -2.50. The number of ether oxygens (including phenoxy) is 1. The van der Waals surface area contributed by atoms with E-state index in [1.165, 1.54) is 31.5 Å². The van der Waals surface area contributed by atoms with Crippen LogP contribution in [0, 0.1) is 11.7 Å². The summed E-state index contributed by atoms with van der Waals surface area (Å²) in [6.45, 7) is 1.69. The number of H-pyrrole nitrogens is 1. The van der Waals surface area contributed by atoms with E-state index < -0.39 is 23.2 Å². The largest absolute Gasteiger partial charge is 0.465 e. The zero-order valence-electron chi connectivity index (χ0n) is 18.9. The van der Waals surface area contributed by atoms with E-state index in [4.69, 9.17) is 4.74 Å². The van der Waals surface area contributed by atoms with Gasteiger partial charge in [-0.25, -0.2) is 9.18 Å². The number of nitrogens with one attached hydrogen (secondary N) is 3. The summed E-state index contributed by atoms with van der Waals surface area (Å²) in [5, 5.41) is 5.75. The normalized spacial score (nSPS) is 17.1. The number of benzene rings is 1. The smallest absolute Gasteiger partial charge is 0.342 e. The Morgan fingerprint density at radius 1 is 1.18 bits per heavy atom. The van der Waals surface area contributed by atoms with Crippen LogP contribution in [0.1, 0.15) is 46.4 Å². The maximum Gasteiger partial charge on any atom is 0.342 e. The van der Waals surface area contributed by atoms with Crippen LogP contribution in [-0.4, -0.2) is 55.1 Å². The van der Waals surface area contributed by atoms with Gasteiger partial charge in [0.1, 0.15) is 16.9 Å². The number of carbonyl (C=O) groups is 3. The fraction of sp³-hybridized carbons (Fsp3) is 0.417. The molecule has 34 heavy (non-hydrogen) atoms. The average Bonchev–Trinajstić information content (AvgIpc) is 3.63. The van der Waals surface area contributed by atoms with Crippen LogP contribution >= 0.6 is 0 Å². The Labute approximate surface area is 195 Å². The van der Waals surface area contributed by atoms with Crippen molar-refractivity contribution in [2.75, 3.05) is 31.6 Å². The Morgan fingerprint density at radius 3 is 2.53 bits per heavy atom. The number of rotatable bonds is 7. The highest BCUT2D eigenvalue weighted by Gasteiger charge is 2.51. The number of anilines is 1. The molecule has 2 aromatic rings. The van der Waals surface area contributed by atoms with Crippen LogP contribution < -0.4 is 21.1 Å². The van der Waals surface area contributed by atoms with E-state index in [-0.39, 0.29) is 28.5 Å². The molecule has 2 heterocycles. The molecule has 0 atom stereocenters. The van der Waals surface area contributed by atoms with Crippen LogP contribution in [0.2, 0.25) is 0 Å². The molecule has 1 aromatic carbocycles. The van der Waals surface area contributed by atoms with Gasteiger partial charge < -0.3 is 25.3 Å². The summed E-state index contributed by atoms with van der Waals surface area (Å²) < 4.78 is 19.0. The number of carbonyl (C=O) groups excluding carboxylic acids is 3. The molecular formula is C24H27FN4O5. The minimum Gasteiger partial charge on any atom is -0.465 e. The molecule has 2 aliphatic rings. The van der Waals surface area contributed by atoms with Crippen LogP contribution in [0.3, 0.4) is 0 Å². The lowest BCUT2D eigenvalue weighted by molar-refractivity contribution is -0.124. The van der Waals surface area contributed by atoms with Gasteiger partial charge in [0.25, 0.3) is 5.91 Å². The average molecular weight is 471 g/mol. The number of methoxy groups -OCH3 is 1. The van der Waals surface area contributed by atoms with Crippen molar-refractivity contribution in [2.45, 2.75) is 31.2 Å². The molecule has 2 amide bonds. The highest BCUT2D eigenvalue weighted by atomic mass is 19.1. The Morgan fingerprint density at radius 2 is 1.91 bits per heavy atom. The highest BCUT2D eigenvalue weighted by Crippen LogP contribution is 2.36. The number of piperidine rings is 1. The van der Waals surface area contributed by atoms with E-state index >= 15 is 0 Å². The molecule has 180 valence electrons. The van der Waals surface area contributed by atoms with Gasteiger partial charge in [0.2, 0.25) is 11.5 Å². The van der Waals surface area contributed by atoms with Crippen molar-refractivity contribution < 1.29 is 23.5 Å². The first-order valence-electron chi connectivity index (χ1n) is 11.2. The molecular weight excluding hydrogens is 443 g/mol. The predicted molar refractivity (Wildman–Crippen MR) is 122 cm³/mol. The number of amides is 2. The summed E-state index contributed by atoms with van der Waals surface area (Å²) in [4.78, 5) is 52.8. The van der Waals surface area contributed by atoms with E-state index in [2.05, 4.69) is 15.6 Å². The number of halogens is 1. The molecule has 10 heteroatoms. The molecule has 9 nitrogen and oxygen atoms in total. The standard InChI is InChI=1S/C24H27FN4O5/c1-34-22(32)20-17(25)3-2-4-18(20)29-11-7-15(8-12-29)13-27-23(33)24(9-10-24)28-21(31)16-5-6-19(30)26-14-16/h2-6,14-15H,7-13H2,1H3,(H,26,30)(H,27,33)(H,28,31). The van der Waals surface area contributed by atoms with Crippen molar-refractivity contribution in [3.63, 3.8) is 0 Å².